The molecule has 0 unspecified atom stereocenters. The lowest BCUT2D eigenvalue weighted by Gasteiger charge is -2.54. The fraction of sp³-hybridized carbons (Fsp3) is 0.800. The molecule has 0 radical (unpaired) electrons. The number of rotatable bonds is 7. The molecular weight excluding hydrogens is 330 g/mol. The van der Waals surface area contributed by atoms with Crippen molar-refractivity contribution in [3.05, 3.63) is 11.8 Å². The molecule has 6 nitrogen and oxygen atoms in total. The lowest BCUT2D eigenvalue weighted by atomic mass is 9.54. The number of hydrogen-bond donors (Lipinski definition) is 2. The van der Waals surface area contributed by atoms with Gasteiger partial charge in [0.05, 0.1) is 26.0 Å². The zero-order valence-corrected chi connectivity index (χ0v) is 15.3. The topological polar surface area (TPSA) is 76.4 Å². The maximum absolute atomic E-state index is 13.0. The van der Waals surface area contributed by atoms with Gasteiger partial charge in [0.25, 0.3) is 5.91 Å². The second-order valence-corrected chi connectivity index (χ2v) is 8.99. The van der Waals surface area contributed by atoms with Crippen LogP contribution in [0.1, 0.15) is 55.3 Å². The number of nitrogens with one attached hydrogen (secondary N) is 1. The maximum Gasteiger partial charge on any atom is 0.258 e. The van der Waals surface area contributed by atoms with Crippen molar-refractivity contribution in [3.63, 3.8) is 0 Å². The molecule has 0 spiro atoms. The summed E-state index contributed by atoms with van der Waals surface area (Å²) in [5.74, 6) is 4.17. The predicted molar refractivity (Wildman–Crippen MR) is 95.8 cm³/mol. The molecule has 1 aromatic rings. The Bertz CT molecular complexity index is 654. The smallest absolute Gasteiger partial charge is 0.258 e. The highest BCUT2D eigenvalue weighted by molar-refractivity contribution is 5.96. The summed E-state index contributed by atoms with van der Waals surface area (Å²) in [7, 11) is 0. The number of hydrogen-bond acceptors (Lipinski definition) is 4. The highest BCUT2D eigenvalue weighted by Gasteiger charge is 2.48. The molecule has 5 aliphatic carbocycles. The first-order valence-electron chi connectivity index (χ1n) is 10.3. The summed E-state index contributed by atoms with van der Waals surface area (Å²) in [5, 5.41) is 16.9. The van der Waals surface area contributed by atoms with E-state index in [9.17, 15) is 9.90 Å². The number of carbonyl (C=O) groups excluding carboxylic acids is 1. The Balaban J connectivity index is 1.31. The van der Waals surface area contributed by atoms with Gasteiger partial charge in [-0.1, -0.05) is 0 Å². The lowest BCUT2D eigenvalue weighted by Crippen LogP contribution is -2.55. The Labute approximate surface area is 154 Å². The van der Waals surface area contributed by atoms with E-state index in [4.69, 9.17) is 4.74 Å². The van der Waals surface area contributed by atoms with Crippen LogP contribution in [-0.2, 0) is 6.54 Å². The maximum atomic E-state index is 13.0. The first-order valence-corrected chi connectivity index (χ1v) is 10.3. The predicted octanol–water partition coefficient (Wildman–Crippen LogP) is 2.22. The summed E-state index contributed by atoms with van der Waals surface area (Å²) in [6, 6.07) is 0.313. The molecule has 0 aromatic carbocycles. The number of nitrogens with zero attached hydrogens (tertiary/aromatic N) is 2. The van der Waals surface area contributed by atoms with Gasteiger partial charge < -0.3 is 15.2 Å². The van der Waals surface area contributed by atoms with E-state index in [1.807, 2.05) is 0 Å². The van der Waals surface area contributed by atoms with Crippen LogP contribution in [0.3, 0.4) is 0 Å². The van der Waals surface area contributed by atoms with Gasteiger partial charge in [0.1, 0.15) is 5.56 Å². The van der Waals surface area contributed by atoms with E-state index >= 15 is 0 Å². The summed E-state index contributed by atoms with van der Waals surface area (Å²) in [6.07, 6.45) is 10.6. The van der Waals surface area contributed by atoms with Gasteiger partial charge in [0, 0.05) is 6.04 Å². The van der Waals surface area contributed by atoms with Gasteiger partial charge in [-0.15, -0.1) is 0 Å². The van der Waals surface area contributed by atoms with E-state index in [0.717, 1.165) is 11.8 Å². The van der Waals surface area contributed by atoms with Gasteiger partial charge in [0.2, 0.25) is 5.88 Å². The minimum absolute atomic E-state index is 0.0158. The molecule has 5 aliphatic rings. The Morgan fingerprint density at radius 2 is 1.88 bits per heavy atom. The third-order valence-corrected chi connectivity index (χ3v) is 7.02. The van der Waals surface area contributed by atoms with E-state index in [1.54, 1.807) is 10.9 Å². The SMILES string of the molecule is O=C(NC1C2CC3CC(C2)CC1C3)c1cnn(CCO)c1OCC1CC1. The number of amides is 1. The van der Waals surface area contributed by atoms with E-state index in [0.29, 0.717) is 48.4 Å². The quantitative estimate of drug-likeness (QED) is 0.783. The molecule has 26 heavy (non-hydrogen) atoms. The fourth-order valence-corrected chi connectivity index (χ4v) is 5.81. The number of ether oxygens (including phenoxy) is 1. The first kappa shape index (κ1) is 16.6. The van der Waals surface area contributed by atoms with Crippen LogP contribution in [0.5, 0.6) is 5.88 Å². The molecule has 0 saturated heterocycles. The van der Waals surface area contributed by atoms with Crippen molar-refractivity contribution in [2.75, 3.05) is 13.2 Å². The lowest BCUT2D eigenvalue weighted by molar-refractivity contribution is -0.0120. The average Bonchev–Trinajstić information content (AvgIpc) is 3.36. The summed E-state index contributed by atoms with van der Waals surface area (Å²) in [4.78, 5) is 13.0. The van der Waals surface area contributed by atoms with Crippen LogP contribution in [0.15, 0.2) is 6.20 Å². The van der Waals surface area contributed by atoms with Crippen molar-refractivity contribution in [3.8, 4) is 5.88 Å². The molecule has 6 heteroatoms. The molecular formula is C20H29N3O3. The monoisotopic (exact) mass is 359 g/mol. The van der Waals surface area contributed by atoms with Crippen molar-refractivity contribution in [2.45, 2.75) is 57.5 Å². The third-order valence-electron chi connectivity index (χ3n) is 7.02. The van der Waals surface area contributed by atoms with Gasteiger partial charge in [-0.3, -0.25) is 4.79 Å². The van der Waals surface area contributed by atoms with Crippen molar-refractivity contribution < 1.29 is 14.6 Å². The summed E-state index contributed by atoms with van der Waals surface area (Å²) < 4.78 is 7.56. The van der Waals surface area contributed by atoms with Crippen LogP contribution in [0.4, 0.5) is 0 Å². The minimum Gasteiger partial charge on any atom is -0.477 e. The molecule has 1 amide bonds. The fourth-order valence-electron chi connectivity index (χ4n) is 5.81. The molecule has 0 aliphatic heterocycles. The number of aliphatic hydroxyl groups excluding tert-OH is 1. The van der Waals surface area contributed by atoms with Crippen LogP contribution in [-0.4, -0.2) is 40.0 Å². The Kier molecular flexibility index (Phi) is 4.18. The summed E-state index contributed by atoms with van der Waals surface area (Å²) in [6.45, 7) is 0.971. The Hall–Kier alpha value is -1.56. The van der Waals surface area contributed by atoms with E-state index in [2.05, 4.69) is 10.4 Å². The van der Waals surface area contributed by atoms with Crippen molar-refractivity contribution in [1.82, 2.24) is 15.1 Å². The molecule has 1 aromatic heterocycles. The molecule has 5 saturated carbocycles. The molecule has 1 heterocycles. The molecule has 4 bridgehead atoms. The third kappa shape index (κ3) is 3.02. The molecule has 6 rings (SSSR count). The average molecular weight is 359 g/mol. The van der Waals surface area contributed by atoms with Crippen LogP contribution in [0.25, 0.3) is 0 Å². The van der Waals surface area contributed by atoms with E-state index < -0.39 is 0 Å². The van der Waals surface area contributed by atoms with Gasteiger partial charge in [-0.05, 0) is 74.5 Å². The van der Waals surface area contributed by atoms with Gasteiger partial charge in [-0.2, -0.15) is 5.10 Å². The second-order valence-electron chi connectivity index (χ2n) is 8.99. The molecule has 142 valence electrons. The van der Waals surface area contributed by atoms with Crippen LogP contribution >= 0.6 is 0 Å². The number of carbonyl (C=O) groups is 1. The standard InChI is InChI=1S/C20H29N3O3/c24-4-3-23-20(26-11-12-1-2-12)17(10-21-23)19(25)22-18-15-6-13-5-14(8-15)9-16(18)7-13/h10,12-16,18,24H,1-9,11H2,(H,22,25). The number of aromatic nitrogens is 2. The minimum atomic E-state index is -0.0579. The number of aliphatic hydroxyl groups is 1. The first-order chi connectivity index (χ1) is 12.7. The zero-order valence-electron chi connectivity index (χ0n) is 15.3. The highest BCUT2D eigenvalue weighted by Crippen LogP contribution is 2.53. The van der Waals surface area contributed by atoms with E-state index in [1.165, 1.54) is 44.9 Å². The second kappa shape index (κ2) is 6.55. The van der Waals surface area contributed by atoms with Gasteiger partial charge >= 0.3 is 0 Å². The summed E-state index contributed by atoms with van der Waals surface area (Å²) in [5.41, 5.74) is 0.521. The van der Waals surface area contributed by atoms with Crippen molar-refractivity contribution >= 4 is 5.91 Å². The largest absolute Gasteiger partial charge is 0.477 e. The molecule has 0 atom stereocenters. The van der Waals surface area contributed by atoms with Crippen LogP contribution in [0, 0.1) is 29.6 Å². The Morgan fingerprint density at radius 1 is 1.19 bits per heavy atom. The molecule has 2 N–H and O–H groups in total. The normalized spacial score (nSPS) is 34.9. The van der Waals surface area contributed by atoms with Gasteiger partial charge in [-0.25, -0.2) is 4.68 Å². The van der Waals surface area contributed by atoms with Crippen molar-refractivity contribution in [2.24, 2.45) is 29.6 Å². The summed E-state index contributed by atoms with van der Waals surface area (Å²) >= 11 is 0. The molecule has 5 fully saturated rings. The van der Waals surface area contributed by atoms with Crippen LogP contribution in [0.2, 0.25) is 0 Å². The Morgan fingerprint density at radius 3 is 2.50 bits per heavy atom. The zero-order chi connectivity index (χ0) is 17.7. The highest BCUT2D eigenvalue weighted by atomic mass is 16.5. The van der Waals surface area contributed by atoms with Gasteiger partial charge in [0.15, 0.2) is 0 Å². The van der Waals surface area contributed by atoms with Crippen molar-refractivity contribution in [1.29, 1.82) is 0 Å². The van der Waals surface area contributed by atoms with Crippen LogP contribution < -0.4 is 10.1 Å². The van der Waals surface area contributed by atoms with E-state index in [-0.39, 0.29) is 12.5 Å².